The third-order valence-corrected chi connectivity index (χ3v) is 4.19. The molecule has 8 heteroatoms. The summed E-state index contributed by atoms with van der Waals surface area (Å²) < 4.78 is 5.30. The Kier molecular flexibility index (Phi) is 6.10. The van der Waals surface area contributed by atoms with Crippen molar-refractivity contribution in [2.24, 2.45) is 0 Å². The van der Waals surface area contributed by atoms with E-state index in [0.717, 1.165) is 13.0 Å². The van der Waals surface area contributed by atoms with Crippen LogP contribution < -0.4 is 15.8 Å². The van der Waals surface area contributed by atoms with Crippen LogP contribution >= 0.6 is 0 Å². The average Bonchev–Trinajstić information content (AvgIpc) is 2.52. The van der Waals surface area contributed by atoms with Crippen molar-refractivity contribution in [1.29, 1.82) is 0 Å². The van der Waals surface area contributed by atoms with E-state index in [1.807, 2.05) is 14.1 Å². The molecule has 2 rings (SSSR count). The number of nitrogens with zero attached hydrogens (tertiary/aromatic N) is 3. The summed E-state index contributed by atoms with van der Waals surface area (Å²) in [6.45, 7) is 8.64. The van der Waals surface area contributed by atoms with E-state index in [0.29, 0.717) is 28.7 Å². The number of rotatable bonds is 6. The van der Waals surface area contributed by atoms with Gasteiger partial charge in [-0.25, -0.2) is 9.59 Å². The zero-order valence-electron chi connectivity index (χ0n) is 16.8. The number of fused-ring (bicyclic) bond motifs is 1. The number of hydrogen-bond acceptors (Lipinski definition) is 6. The number of benzene rings is 1. The van der Waals surface area contributed by atoms with Crippen molar-refractivity contribution < 1.29 is 14.3 Å². The lowest BCUT2D eigenvalue weighted by molar-refractivity contribution is 0.195. The fraction of sp³-hybridized carbons (Fsp3) is 0.526. The van der Waals surface area contributed by atoms with Gasteiger partial charge in [0.15, 0.2) is 0 Å². The molecule has 0 unspecified atom stereocenters. The Morgan fingerprint density at radius 1 is 1.30 bits per heavy atom. The fourth-order valence-electron chi connectivity index (χ4n) is 2.97. The lowest BCUT2D eigenvalue weighted by Gasteiger charge is -2.34. The van der Waals surface area contributed by atoms with Crippen LogP contribution in [0.2, 0.25) is 0 Å². The summed E-state index contributed by atoms with van der Waals surface area (Å²) in [7, 11) is 3.99. The van der Waals surface area contributed by atoms with Crippen LogP contribution in [0, 0.1) is 6.92 Å². The molecule has 2 aromatic rings. The van der Waals surface area contributed by atoms with Crippen LogP contribution in [0.1, 0.15) is 32.8 Å². The second kappa shape index (κ2) is 7.96. The summed E-state index contributed by atoms with van der Waals surface area (Å²) in [6.07, 6.45) is -0.199. The maximum atomic E-state index is 12.5. The molecule has 0 aliphatic heterocycles. The molecule has 0 atom stereocenters. The molecule has 1 heterocycles. The van der Waals surface area contributed by atoms with E-state index in [-0.39, 0.29) is 6.01 Å². The van der Waals surface area contributed by atoms with E-state index in [1.165, 1.54) is 4.90 Å². The maximum absolute atomic E-state index is 12.5. The molecule has 1 aromatic heterocycles. The molecular formula is C19H28N4O4. The lowest BCUT2D eigenvalue weighted by Crippen LogP contribution is -2.45. The minimum Gasteiger partial charge on any atom is -0.465 e. The van der Waals surface area contributed by atoms with Crippen LogP contribution in [-0.4, -0.2) is 53.8 Å². The van der Waals surface area contributed by atoms with Gasteiger partial charge in [0.05, 0.1) is 16.6 Å². The Morgan fingerprint density at radius 2 is 1.96 bits per heavy atom. The van der Waals surface area contributed by atoms with Crippen molar-refractivity contribution in [3.8, 4) is 0 Å². The molecule has 0 aliphatic rings. The molecule has 0 saturated carbocycles. The van der Waals surface area contributed by atoms with E-state index in [2.05, 4.69) is 15.2 Å². The van der Waals surface area contributed by atoms with Gasteiger partial charge in [0.2, 0.25) is 0 Å². The Morgan fingerprint density at radius 3 is 2.52 bits per heavy atom. The highest BCUT2D eigenvalue weighted by Crippen LogP contribution is 2.31. The van der Waals surface area contributed by atoms with Crippen molar-refractivity contribution in [2.75, 3.05) is 37.4 Å². The van der Waals surface area contributed by atoms with Gasteiger partial charge in [-0.1, -0.05) is 0 Å². The predicted octanol–water partition coefficient (Wildman–Crippen LogP) is 3.14. The summed E-state index contributed by atoms with van der Waals surface area (Å²) in [4.78, 5) is 32.0. The number of aryl methyl sites for hydroxylation is 1. The molecule has 0 saturated heterocycles. The maximum Gasteiger partial charge on any atom is 0.412 e. The summed E-state index contributed by atoms with van der Waals surface area (Å²) in [5.74, 6) is 0. The molecule has 0 radical (unpaired) electrons. The largest absolute Gasteiger partial charge is 0.465 e. The summed E-state index contributed by atoms with van der Waals surface area (Å²) in [5.41, 5.74) is 0.260. The van der Waals surface area contributed by atoms with Gasteiger partial charge in [-0.3, -0.25) is 4.90 Å². The topological polar surface area (TPSA) is 98.9 Å². The summed E-state index contributed by atoms with van der Waals surface area (Å²) in [6, 6.07) is 3.50. The summed E-state index contributed by atoms with van der Waals surface area (Å²) >= 11 is 0. The normalized spacial score (nSPS) is 11.8. The van der Waals surface area contributed by atoms with Gasteiger partial charge in [-0.15, -0.1) is 0 Å². The molecule has 0 bridgehead atoms. The van der Waals surface area contributed by atoms with E-state index in [4.69, 9.17) is 4.42 Å². The van der Waals surface area contributed by atoms with Crippen molar-refractivity contribution in [1.82, 2.24) is 9.88 Å². The Hall–Kier alpha value is -2.61. The first kappa shape index (κ1) is 20.7. The Balaban J connectivity index is 2.41. The number of carboxylic acid groups (broad SMARTS) is 1. The molecule has 8 nitrogen and oxygen atoms in total. The first-order valence-corrected chi connectivity index (χ1v) is 8.88. The standard InChI is InChI=1S/C19H28N4O4/c1-12-14(23(18(25)26)19(2,3)4)9-8-13-15(12)16(24)27-17(21-13)20-10-7-11-22(5)6/h8-9H,7,10-11H2,1-6H3,(H,20,21)(H,25,26). The van der Waals surface area contributed by atoms with Gasteiger partial charge in [-0.2, -0.15) is 4.98 Å². The van der Waals surface area contributed by atoms with Crippen LogP contribution in [-0.2, 0) is 0 Å². The third kappa shape index (κ3) is 4.77. The minimum absolute atomic E-state index is 0.171. The number of hydrogen-bond donors (Lipinski definition) is 2. The molecule has 0 aliphatic carbocycles. The van der Waals surface area contributed by atoms with Crippen molar-refractivity contribution in [2.45, 2.75) is 39.7 Å². The van der Waals surface area contributed by atoms with Gasteiger partial charge >= 0.3 is 11.7 Å². The first-order chi connectivity index (χ1) is 12.5. The van der Waals surface area contributed by atoms with Gasteiger partial charge in [0.1, 0.15) is 0 Å². The van der Waals surface area contributed by atoms with E-state index in [9.17, 15) is 14.7 Å². The highest BCUT2D eigenvalue weighted by molar-refractivity contribution is 5.94. The number of aromatic nitrogens is 1. The second-order valence-electron chi connectivity index (χ2n) is 7.78. The minimum atomic E-state index is -1.08. The van der Waals surface area contributed by atoms with E-state index >= 15 is 0 Å². The van der Waals surface area contributed by atoms with Gasteiger partial charge in [-0.05, 0) is 72.5 Å². The summed E-state index contributed by atoms with van der Waals surface area (Å²) in [5, 5.41) is 12.9. The molecule has 148 valence electrons. The smallest absolute Gasteiger partial charge is 0.412 e. The molecule has 1 amide bonds. The molecular weight excluding hydrogens is 348 g/mol. The number of anilines is 2. The molecule has 1 aromatic carbocycles. The lowest BCUT2D eigenvalue weighted by atomic mass is 10.0. The monoisotopic (exact) mass is 376 g/mol. The molecule has 2 N–H and O–H groups in total. The highest BCUT2D eigenvalue weighted by atomic mass is 16.4. The van der Waals surface area contributed by atoms with Crippen molar-refractivity contribution in [3.05, 3.63) is 28.1 Å². The SMILES string of the molecule is Cc1c(N(C(=O)O)C(C)(C)C)ccc2nc(NCCCN(C)C)oc(=O)c12. The zero-order chi connectivity index (χ0) is 20.4. The van der Waals surface area contributed by atoms with E-state index < -0.39 is 17.3 Å². The van der Waals surface area contributed by atoms with E-state index in [1.54, 1.807) is 39.8 Å². The van der Waals surface area contributed by atoms with Crippen molar-refractivity contribution in [3.63, 3.8) is 0 Å². The van der Waals surface area contributed by atoms with Crippen LogP contribution in [0.3, 0.4) is 0 Å². The van der Waals surface area contributed by atoms with Crippen LogP contribution in [0.15, 0.2) is 21.3 Å². The molecule has 0 fully saturated rings. The van der Waals surface area contributed by atoms with Crippen LogP contribution in [0.25, 0.3) is 10.9 Å². The molecule has 0 spiro atoms. The Bertz CT molecular complexity index is 884. The predicted molar refractivity (Wildman–Crippen MR) is 107 cm³/mol. The zero-order valence-corrected chi connectivity index (χ0v) is 16.8. The molecule has 27 heavy (non-hydrogen) atoms. The first-order valence-electron chi connectivity index (χ1n) is 8.88. The highest BCUT2D eigenvalue weighted by Gasteiger charge is 2.30. The van der Waals surface area contributed by atoms with Crippen LogP contribution in [0.5, 0.6) is 0 Å². The average molecular weight is 376 g/mol. The second-order valence-corrected chi connectivity index (χ2v) is 7.78. The number of amides is 1. The quantitative estimate of drug-likeness (QED) is 0.747. The van der Waals surface area contributed by atoms with Crippen LogP contribution in [0.4, 0.5) is 16.5 Å². The van der Waals surface area contributed by atoms with Gasteiger partial charge < -0.3 is 19.7 Å². The Labute approximate surface area is 158 Å². The number of nitrogens with one attached hydrogen (secondary N) is 1. The fourth-order valence-corrected chi connectivity index (χ4v) is 2.97. The van der Waals surface area contributed by atoms with Crippen molar-refractivity contribution >= 4 is 28.7 Å². The number of carbonyl (C=O) groups is 1. The third-order valence-electron chi connectivity index (χ3n) is 4.19. The van der Waals surface area contributed by atoms with Gasteiger partial charge in [0.25, 0.3) is 6.01 Å². The van der Waals surface area contributed by atoms with Gasteiger partial charge in [0, 0.05) is 12.1 Å².